The maximum absolute atomic E-state index is 15.3. The molecule has 12 heteroatoms. The lowest BCUT2D eigenvalue weighted by Gasteiger charge is -2.28. The summed E-state index contributed by atoms with van der Waals surface area (Å²) in [6.07, 6.45) is -2.31. The van der Waals surface area contributed by atoms with Gasteiger partial charge in [-0.2, -0.15) is 0 Å². The number of H-pyrrole nitrogens is 1. The predicted molar refractivity (Wildman–Crippen MR) is 97.1 cm³/mol. The van der Waals surface area contributed by atoms with Gasteiger partial charge in [0.2, 0.25) is 0 Å². The topological polar surface area (TPSA) is 140 Å². The summed E-state index contributed by atoms with van der Waals surface area (Å²) in [5.41, 5.74) is -4.21. The Kier molecular flexibility index (Phi) is 5.78. The van der Waals surface area contributed by atoms with Crippen molar-refractivity contribution < 1.29 is 33.0 Å². The summed E-state index contributed by atoms with van der Waals surface area (Å²) in [6, 6.07) is 8.89. The smallest absolute Gasteiger partial charge is 0.383 e. The highest BCUT2D eigenvalue weighted by atomic mass is 31.1. The molecule has 5 atom stereocenters. The van der Waals surface area contributed by atoms with Crippen LogP contribution in [0.3, 0.4) is 0 Å². The zero-order valence-corrected chi connectivity index (χ0v) is 15.7. The third-order valence-corrected chi connectivity index (χ3v) is 4.97. The van der Waals surface area contributed by atoms with Gasteiger partial charge in [0.25, 0.3) is 11.4 Å². The Morgan fingerprint density at radius 2 is 2.03 bits per heavy atom. The normalized spacial score (nSPS) is 29.4. The van der Waals surface area contributed by atoms with Gasteiger partial charge in [-0.15, -0.1) is 4.52 Å². The number of benzene rings is 1. The minimum atomic E-state index is -3.08. The number of halogens is 1. The van der Waals surface area contributed by atoms with Crippen molar-refractivity contribution >= 4 is 8.25 Å². The molecular weight excluding hydrogens is 410 g/mol. The Labute approximate surface area is 163 Å². The molecule has 154 valence electrons. The number of hydrogen-bond acceptors (Lipinski definition) is 8. The van der Waals surface area contributed by atoms with E-state index >= 15 is 4.39 Å². The zero-order valence-electron chi connectivity index (χ0n) is 14.8. The average Bonchev–Trinajstić information content (AvgIpc) is 2.89. The molecule has 1 aromatic carbocycles. The van der Waals surface area contributed by atoms with Gasteiger partial charge in [0.05, 0.1) is 0 Å². The van der Waals surface area contributed by atoms with E-state index in [2.05, 4.69) is 6.58 Å². The van der Waals surface area contributed by atoms with Crippen LogP contribution >= 0.6 is 8.25 Å². The fraction of sp³-hybridized carbons (Fsp3) is 0.294. The fourth-order valence-electron chi connectivity index (χ4n) is 2.78. The molecule has 0 spiro atoms. The van der Waals surface area contributed by atoms with Crippen LogP contribution in [0.4, 0.5) is 4.39 Å². The van der Waals surface area contributed by atoms with Crippen molar-refractivity contribution in [3.05, 3.63) is 76.1 Å². The molecule has 0 bridgehead atoms. The van der Waals surface area contributed by atoms with E-state index in [1.165, 1.54) is 12.1 Å². The molecule has 5 unspecified atom stereocenters. The van der Waals surface area contributed by atoms with Gasteiger partial charge in [0.1, 0.15) is 0 Å². The van der Waals surface area contributed by atoms with Crippen LogP contribution in [0.25, 0.3) is 0 Å². The monoisotopic (exact) mass is 427 g/mol. The summed E-state index contributed by atoms with van der Waals surface area (Å²) in [4.78, 5) is 25.1. The van der Waals surface area contributed by atoms with Gasteiger partial charge >= 0.3 is 13.9 Å². The molecule has 1 saturated heterocycles. The van der Waals surface area contributed by atoms with Crippen molar-refractivity contribution in [3.63, 3.8) is 0 Å². The first kappa shape index (κ1) is 21.0. The molecule has 0 amide bonds. The first-order valence-electron chi connectivity index (χ1n) is 8.25. The molecule has 0 aliphatic carbocycles. The first-order valence-corrected chi connectivity index (χ1v) is 9.34. The summed E-state index contributed by atoms with van der Waals surface area (Å²) >= 11 is 0. The Hall–Kier alpha value is -2.69. The molecule has 1 fully saturated rings. The number of para-hydroxylation sites is 1. The van der Waals surface area contributed by atoms with E-state index in [9.17, 15) is 24.4 Å². The highest BCUT2D eigenvalue weighted by molar-refractivity contribution is 7.33. The molecular formula is C17H17FN2O8P+. The summed E-state index contributed by atoms with van der Waals surface area (Å²) in [6.45, 7) is 2.24. The molecule has 29 heavy (non-hydrogen) atoms. The highest BCUT2D eigenvalue weighted by Gasteiger charge is 2.65. The van der Waals surface area contributed by atoms with Crippen LogP contribution in [-0.2, 0) is 13.8 Å². The number of alkyl halides is 1. The van der Waals surface area contributed by atoms with Crippen LogP contribution in [-0.4, -0.2) is 43.9 Å². The van der Waals surface area contributed by atoms with Gasteiger partial charge in [-0.05, 0) is 12.1 Å². The second kappa shape index (κ2) is 7.97. The van der Waals surface area contributed by atoms with E-state index in [1.54, 1.807) is 18.2 Å². The number of aromatic nitrogens is 2. The molecule has 0 radical (unpaired) electrons. The second-order valence-electron chi connectivity index (χ2n) is 6.17. The maximum atomic E-state index is 15.3. The summed E-state index contributed by atoms with van der Waals surface area (Å²) < 4.78 is 42.7. The number of aromatic amines is 1. The number of ether oxygens (including phenoxy) is 1. The van der Waals surface area contributed by atoms with Gasteiger partial charge in [-0.25, -0.2) is 13.7 Å². The molecule has 3 N–H and O–H groups in total. The number of aliphatic hydroxyl groups excluding tert-OH is 1. The summed E-state index contributed by atoms with van der Waals surface area (Å²) in [5, 5.41) is 21.0. The molecule has 1 aliphatic heterocycles. The van der Waals surface area contributed by atoms with Gasteiger partial charge in [-0.1, -0.05) is 30.9 Å². The standard InChI is InChI=1S/C17H16FN2O8P/c1-2-16(24)13(22)17(18,10-26-29(25)28-11-6-4-3-5-7-11)27-14(16)20-9-8-12(21)19-15(20)23/h2-9,13-14,22,24H,1,10H2/p+1. The highest BCUT2D eigenvalue weighted by Crippen LogP contribution is 2.46. The maximum Gasteiger partial charge on any atom is 0.750 e. The Morgan fingerprint density at radius 1 is 1.34 bits per heavy atom. The molecule has 0 saturated carbocycles. The zero-order chi connectivity index (χ0) is 21.2. The lowest BCUT2D eigenvalue weighted by molar-refractivity contribution is -0.203. The van der Waals surface area contributed by atoms with Crippen molar-refractivity contribution in [1.82, 2.24) is 9.55 Å². The van der Waals surface area contributed by atoms with Crippen LogP contribution in [0.2, 0.25) is 0 Å². The SMILES string of the molecule is C=CC1(O)C(n2ccc(=O)[nH]c2=O)OC(F)(CO[P+](=O)Oc2ccccc2)C1O. The van der Waals surface area contributed by atoms with Crippen molar-refractivity contribution in [3.8, 4) is 5.75 Å². The van der Waals surface area contributed by atoms with E-state index in [4.69, 9.17) is 13.8 Å². The van der Waals surface area contributed by atoms with Gasteiger partial charge in [0, 0.05) is 16.8 Å². The Bertz CT molecular complexity index is 1030. The summed E-state index contributed by atoms with van der Waals surface area (Å²) in [7, 11) is -2.84. The largest absolute Gasteiger partial charge is 0.750 e. The van der Waals surface area contributed by atoms with Crippen molar-refractivity contribution in [2.45, 2.75) is 23.8 Å². The number of rotatable bonds is 7. The first-order chi connectivity index (χ1) is 13.7. The number of nitrogens with one attached hydrogen (secondary N) is 1. The van der Waals surface area contributed by atoms with Crippen LogP contribution in [0, 0.1) is 0 Å². The predicted octanol–water partition coefficient (Wildman–Crippen LogP) is 0.762. The van der Waals surface area contributed by atoms with E-state index in [0.717, 1.165) is 18.3 Å². The number of aliphatic hydroxyl groups is 2. The van der Waals surface area contributed by atoms with Crippen LogP contribution in [0.15, 0.2) is 64.8 Å². The van der Waals surface area contributed by atoms with E-state index in [0.29, 0.717) is 4.57 Å². The molecule has 1 aliphatic rings. The van der Waals surface area contributed by atoms with Crippen molar-refractivity contribution in [2.24, 2.45) is 0 Å². The molecule has 2 heterocycles. The van der Waals surface area contributed by atoms with Crippen LogP contribution < -0.4 is 15.8 Å². The quantitative estimate of drug-likeness (QED) is 0.435. The van der Waals surface area contributed by atoms with E-state index in [1.807, 2.05) is 4.98 Å². The van der Waals surface area contributed by atoms with Gasteiger partial charge in [-0.3, -0.25) is 14.3 Å². The fourth-order valence-corrected chi connectivity index (χ4v) is 3.40. The molecule has 3 rings (SSSR count). The third-order valence-electron chi connectivity index (χ3n) is 4.27. The number of hydrogen-bond donors (Lipinski definition) is 3. The lowest BCUT2D eigenvalue weighted by atomic mass is 9.93. The van der Waals surface area contributed by atoms with Crippen LogP contribution in [0.5, 0.6) is 5.75 Å². The molecule has 2 aromatic rings. The average molecular weight is 427 g/mol. The minimum Gasteiger partial charge on any atom is -0.383 e. The Balaban J connectivity index is 1.80. The van der Waals surface area contributed by atoms with Crippen molar-refractivity contribution in [1.29, 1.82) is 0 Å². The van der Waals surface area contributed by atoms with Crippen molar-refractivity contribution in [2.75, 3.05) is 6.61 Å². The second-order valence-corrected chi connectivity index (χ2v) is 7.06. The van der Waals surface area contributed by atoms with Crippen LogP contribution in [0.1, 0.15) is 6.23 Å². The lowest BCUT2D eigenvalue weighted by Crippen LogP contribution is -2.50. The third kappa shape index (κ3) is 4.04. The minimum absolute atomic E-state index is 0.203. The number of nitrogens with zero attached hydrogens (tertiary/aromatic N) is 1. The molecule has 10 nitrogen and oxygen atoms in total. The molecule has 1 aromatic heterocycles. The van der Waals surface area contributed by atoms with Gasteiger partial charge < -0.3 is 14.9 Å². The van der Waals surface area contributed by atoms with Gasteiger partial charge in [0.15, 0.2) is 30.3 Å². The Morgan fingerprint density at radius 3 is 2.66 bits per heavy atom. The summed E-state index contributed by atoms with van der Waals surface area (Å²) in [5.74, 6) is -2.87. The van der Waals surface area contributed by atoms with E-state index < -0.39 is 49.9 Å². The van der Waals surface area contributed by atoms with E-state index in [-0.39, 0.29) is 5.75 Å².